The fraction of sp³-hybridized carbons (Fsp3) is 0.556. The Hall–Kier alpha value is -0.400. The van der Waals surface area contributed by atoms with Gasteiger partial charge in [0.2, 0.25) is 0 Å². The van der Waals surface area contributed by atoms with Crippen molar-refractivity contribution in [2.75, 3.05) is 19.8 Å². The molecule has 15 heavy (non-hydrogen) atoms. The molecule has 5 nitrogen and oxygen atoms in total. The second-order valence-electron chi connectivity index (χ2n) is 3.26. The average Bonchev–Trinajstić information content (AvgIpc) is 2.68. The molecular formula is C9H13BrN2O3. The van der Waals surface area contributed by atoms with E-state index >= 15 is 0 Å². The molecule has 1 aromatic heterocycles. The van der Waals surface area contributed by atoms with E-state index in [1.165, 1.54) is 0 Å². The smallest absolute Gasteiger partial charge is 0.138 e. The number of furan rings is 1. The normalized spacial score (nSPS) is 24.0. The van der Waals surface area contributed by atoms with Crippen LogP contribution in [0.4, 0.5) is 0 Å². The fourth-order valence-corrected chi connectivity index (χ4v) is 2.03. The fourth-order valence-electron chi connectivity index (χ4n) is 1.58. The third-order valence-electron chi connectivity index (χ3n) is 2.32. The van der Waals surface area contributed by atoms with Crippen LogP contribution in [0, 0.1) is 0 Å². The monoisotopic (exact) mass is 276 g/mol. The van der Waals surface area contributed by atoms with Crippen LogP contribution in [-0.4, -0.2) is 25.9 Å². The SMILES string of the molecule is NNC(c1occc1Br)C1COCCO1. The predicted octanol–water partition coefficient (Wildman–Crippen LogP) is 0.962. The quantitative estimate of drug-likeness (QED) is 0.636. The largest absolute Gasteiger partial charge is 0.466 e. The average molecular weight is 277 g/mol. The molecule has 0 bridgehead atoms. The van der Waals surface area contributed by atoms with Crippen LogP contribution in [0.5, 0.6) is 0 Å². The van der Waals surface area contributed by atoms with Crippen LogP contribution in [-0.2, 0) is 9.47 Å². The summed E-state index contributed by atoms with van der Waals surface area (Å²) >= 11 is 3.39. The molecule has 2 unspecified atom stereocenters. The molecule has 1 aliphatic heterocycles. The van der Waals surface area contributed by atoms with Gasteiger partial charge in [0.1, 0.15) is 17.9 Å². The van der Waals surface area contributed by atoms with E-state index in [1.54, 1.807) is 6.26 Å². The molecular weight excluding hydrogens is 264 g/mol. The van der Waals surface area contributed by atoms with Crippen molar-refractivity contribution in [1.82, 2.24) is 5.43 Å². The minimum atomic E-state index is -0.199. The van der Waals surface area contributed by atoms with Crippen molar-refractivity contribution in [3.63, 3.8) is 0 Å². The second kappa shape index (κ2) is 5.09. The van der Waals surface area contributed by atoms with Gasteiger partial charge in [-0.25, -0.2) is 5.43 Å². The van der Waals surface area contributed by atoms with Gasteiger partial charge in [0, 0.05) is 0 Å². The summed E-state index contributed by atoms with van der Waals surface area (Å²) in [5.41, 5.74) is 2.69. The maximum absolute atomic E-state index is 5.56. The van der Waals surface area contributed by atoms with Crippen LogP contribution in [0.2, 0.25) is 0 Å². The van der Waals surface area contributed by atoms with E-state index in [0.29, 0.717) is 19.8 Å². The number of halogens is 1. The highest BCUT2D eigenvalue weighted by molar-refractivity contribution is 9.10. The number of hydrogen-bond donors (Lipinski definition) is 2. The second-order valence-corrected chi connectivity index (χ2v) is 4.12. The minimum absolute atomic E-state index is 0.119. The Morgan fingerprint density at radius 1 is 1.53 bits per heavy atom. The Morgan fingerprint density at radius 2 is 2.40 bits per heavy atom. The molecule has 1 aromatic rings. The Bertz CT molecular complexity index is 312. The summed E-state index contributed by atoms with van der Waals surface area (Å²) in [6, 6.07) is 1.62. The molecule has 0 radical (unpaired) electrons. The van der Waals surface area contributed by atoms with Crippen LogP contribution in [0.25, 0.3) is 0 Å². The van der Waals surface area contributed by atoms with Crippen LogP contribution in [0.3, 0.4) is 0 Å². The number of ether oxygens (including phenoxy) is 2. The maximum Gasteiger partial charge on any atom is 0.138 e. The van der Waals surface area contributed by atoms with Crippen molar-refractivity contribution in [2.24, 2.45) is 5.84 Å². The van der Waals surface area contributed by atoms with Gasteiger partial charge >= 0.3 is 0 Å². The molecule has 0 spiro atoms. The highest BCUT2D eigenvalue weighted by atomic mass is 79.9. The first-order valence-corrected chi connectivity index (χ1v) is 5.50. The molecule has 1 aliphatic rings. The zero-order valence-corrected chi connectivity index (χ0v) is 9.70. The summed E-state index contributed by atoms with van der Waals surface area (Å²) in [4.78, 5) is 0. The van der Waals surface area contributed by atoms with Crippen molar-refractivity contribution >= 4 is 15.9 Å². The lowest BCUT2D eigenvalue weighted by atomic mass is 10.1. The molecule has 3 N–H and O–H groups in total. The van der Waals surface area contributed by atoms with Gasteiger partial charge in [0.25, 0.3) is 0 Å². The zero-order valence-electron chi connectivity index (χ0n) is 8.11. The highest BCUT2D eigenvalue weighted by Crippen LogP contribution is 2.28. The van der Waals surface area contributed by atoms with E-state index in [4.69, 9.17) is 19.7 Å². The first-order valence-electron chi connectivity index (χ1n) is 4.71. The van der Waals surface area contributed by atoms with Gasteiger partial charge in [-0.3, -0.25) is 5.84 Å². The number of nitrogens with one attached hydrogen (secondary N) is 1. The lowest BCUT2D eigenvalue weighted by molar-refractivity contribution is -0.104. The molecule has 2 heterocycles. The van der Waals surface area contributed by atoms with Crippen LogP contribution < -0.4 is 11.3 Å². The lowest BCUT2D eigenvalue weighted by Crippen LogP contribution is -2.43. The molecule has 1 saturated heterocycles. The van der Waals surface area contributed by atoms with E-state index in [-0.39, 0.29) is 12.1 Å². The topological polar surface area (TPSA) is 69.7 Å². The molecule has 1 fully saturated rings. The van der Waals surface area contributed by atoms with Crippen molar-refractivity contribution < 1.29 is 13.9 Å². The van der Waals surface area contributed by atoms with Crippen molar-refractivity contribution in [3.05, 3.63) is 22.6 Å². The number of hydrazine groups is 1. The van der Waals surface area contributed by atoms with Gasteiger partial charge in [0.15, 0.2) is 0 Å². The number of nitrogens with two attached hydrogens (primary N) is 1. The Labute approximate surface area is 96.0 Å². The summed E-state index contributed by atoms with van der Waals surface area (Å²) in [6.45, 7) is 1.73. The molecule has 0 saturated carbocycles. The van der Waals surface area contributed by atoms with E-state index in [9.17, 15) is 0 Å². The summed E-state index contributed by atoms with van der Waals surface area (Å²) in [7, 11) is 0. The molecule has 0 amide bonds. The zero-order chi connectivity index (χ0) is 10.7. The van der Waals surface area contributed by atoms with E-state index in [0.717, 1.165) is 10.2 Å². The Morgan fingerprint density at radius 3 is 2.93 bits per heavy atom. The van der Waals surface area contributed by atoms with Crippen LogP contribution >= 0.6 is 15.9 Å². The maximum atomic E-state index is 5.56. The summed E-state index contributed by atoms with van der Waals surface area (Å²) in [6.07, 6.45) is 1.49. The summed E-state index contributed by atoms with van der Waals surface area (Å²) in [5.74, 6) is 6.23. The predicted molar refractivity (Wildman–Crippen MR) is 57.0 cm³/mol. The van der Waals surface area contributed by atoms with Gasteiger partial charge in [-0.05, 0) is 22.0 Å². The van der Waals surface area contributed by atoms with E-state index in [2.05, 4.69) is 21.4 Å². The van der Waals surface area contributed by atoms with Crippen molar-refractivity contribution in [3.8, 4) is 0 Å². The summed E-state index contributed by atoms with van der Waals surface area (Å²) < 4.78 is 17.1. The first kappa shape index (κ1) is 11.1. The van der Waals surface area contributed by atoms with Gasteiger partial charge in [-0.2, -0.15) is 0 Å². The third kappa shape index (κ3) is 2.40. The van der Waals surface area contributed by atoms with Gasteiger partial charge in [-0.1, -0.05) is 0 Å². The van der Waals surface area contributed by atoms with Crippen LogP contribution in [0.1, 0.15) is 11.8 Å². The van der Waals surface area contributed by atoms with Gasteiger partial charge in [0.05, 0.1) is 30.6 Å². The van der Waals surface area contributed by atoms with Gasteiger partial charge < -0.3 is 13.9 Å². The number of hydrogen-bond acceptors (Lipinski definition) is 5. The molecule has 2 rings (SSSR count). The third-order valence-corrected chi connectivity index (χ3v) is 2.98. The lowest BCUT2D eigenvalue weighted by Gasteiger charge is -2.28. The minimum Gasteiger partial charge on any atom is -0.466 e. The van der Waals surface area contributed by atoms with E-state index < -0.39 is 0 Å². The first-order chi connectivity index (χ1) is 7.33. The molecule has 6 heteroatoms. The summed E-state index contributed by atoms with van der Waals surface area (Å²) in [5, 5.41) is 0. The highest BCUT2D eigenvalue weighted by Gasteiger charge is 2.29. The Kier molecular flexibility index (Phi) is 3.76. The van der Waals surface area contributed by atoms with Crippen LogP contribution in [0.15, 0.2) is 21.2 Å². The molecule has 0 aliphatic carbocycles. The molecule has 0 aromatic carbocycles. The van der Waals surface area contributed by atoms with Crippen molar-refractivity contribution in [1.29, 1.82) is 0 Å². The van der Waals surface area contributed by atoms with E-state index in [1.807, 2.05) is 6.07 Å². The van der Waals surface area contributed by atoms with Gasteiger partial charge in [-0.15, -0.1) is 0 Å². The Balaban J connectivity index is 2.12. The van der Waals surface area contributed by atoms with Crippen molar-refractivity contribution in [2.45, 2.75) is 12.1 Å². The molecule has 84 valence electrons. The molecule has 2 atom stereocenters. The number of rotatable bonds is 3. The standard InChI is InChI=1S/C9H13BrN2O3/c10-6-1-2-15-9(6)8(12-11)7-5-13-3-4-14-7/h1-2,7-8,12H,3-5,11H2.